The highest BCUT2D eigenvalue weighted by Crippen LogP contribution is 2.18. The number of fused-ring (bicyclic) bond motifs is 1. The molecule has 26 heavy (non-hydrogen) atoms. The van der Waals surface area contributed by atoms with Crippen molar-refractivity contribution in [2.75, 3.05) is 31.1 Å². The third kappa shape index (κ3) is 3.48. The normalized spacial score (nSPS) is 15.5. The molecule has 1 aromatic heterocycles. The van der Waals surface area contributed by atoms with Crippen LogP contribution < -0.4 is 15.4 Å². The predicted molar refractivity (Wildman–Crippen MR) is 100 cm³/mol. The Bertz CT molecular complexity index is 973. The molecule has 0 radical (unpaired) electrons. The van der Waals surface area contributed by atoms with Crippen LogP contribution in [0.4, 0.5) is 10.1 Å². The Morgan fingerprint density at radius 2 is 1.81 bits per heavy atom. The van der Waals surface area contributed by atoms with Crippen molar-refractivity contribution in [2.24, 2.45) is 0 Å². The van der Waals surface area contributed by atoms with Crippen LogP contribution in [-0.4, -0.2) is 26.2 Å². The molecule has 1 aliphatic rings. The standard InChI is InChI=1S/C21H21FN2O2/c1-15-2-7-20-19(12-15)16(13-21(25)26-20)14-23-8-10-24(11-9-23)18-5-3-17(22)4-6-18/h2-7,12-13H,8-11,14H2,1H3/p+1. The number of rotatable bonds is 3. The summed E-state index contributed by atoms with van der Waals surface area (Å²) in [6, 6.07) is 14.2. The van der Waals surface area contributed by atoms with E-state index in [1.807, 2.05) is 31.2 Å². The molecule has 0 spiro atoms. The summed E-state index contributed by atoms with van der Waals surface area (Å²) in [5.41, 5.74) is 3.63. The fraction of sp³-hybridized carbons (Fsp3) is 0.286. The van der Waals surface area contributed by atoms with E-state index in [4.69, 9.17) is 4.42 Å². The molecular formula is C21H22FN2O2+. The first-order valence-corrected chi connectivity index (χ1v) is 8.96. The molecule has 4 rings (SSSR count). The zero-order valence-electron chi connectivity index (χ0n) is 14.8. The summed E-state index contributed by atoms with van der Waals surface area (Å²) in [4.78, 5) is 15.6. The van der Waals surface area contributed by atoms with Gasteiger partial charge in [-0.3, -0.25) is 0 Å². The summed E-state index contributed by atoms with van der Waals surface area (Å²) in [5, 5.41) is 1.03. The first-order valence-electron chi connectivity index (χ1n) is 8.96. The number of hydrogen-bond acceptors (Lipinski definition) is 3. The molecule has 2 heterocycles. The third-order valence-corrected chi connectivity index (χ3v) is 5.09. The van der Waals surface area contributed by atoms with Crippen molar-refractivity contribution in [1.82, 2.24) is 0 Å². The quantitative estimate of drug-likeness (QED) is 0.733. The molecule has 1 fully saturated rings. The zero-order chi connectivity index (χ0) is 18.1. The molecular weight excluding hydrogens is 331 g/mol. The van der Waals surface area contributed by atoms with E-state index in [1.165, 1.54) is 17.0 Å². The Morgan fingerprint density at radius 3 is 2.54 bits per heavy atom. The molecule has 0 bridgehead atoms. The highest BCUT2D eigenvalue weighted by molar-refractivity contribution is 5.80. The van der Waals surface area contributed by atoms with Crippen LogP contribution in [0, 0.1) is 12.7 Å². The summed E-state index contributed by atoms with van der Waals surface area (Å²) in [6.07, 6.45) is 0. The van der Waals surface area contributed by atoms with Gasteiger partial charge in [-0.1, -0.05) is 11.6 Å². The first-order chi connectivity index (χ1) is 12.6. The number of nitrogens with one attached hydrogen (secondary N) is 1. The molecule has 1 saturated heterocycles. The van der Waals surface area contributed by atoms with Gasteiger partial charge in [0.05, 0.1) is 26.2 Å². The molecule has 0 atom stereocenters. The van der Waals surface area contributed by atoms with Gasteiger partial charge in [-0.15, -0.1) is 0 Å². The van der Waals surface area contributed by atoms with Gasteiger partial charge in [0.2, 0.25) is 0 Å². The van der Waals surface area contributed by atoms with Gasteiger partial charge < -0.3 is 14.2 Å². The van der Waals surface area contributed by atoms with Gasteiger partial charge in [0.25, 0.3) is 0 Å². The molecule has 1 aliphatic heterocycles. The Labute approximate surface area is 151 Å². The minimum absolute atomic E-state index is 0.205. The van der Waals surface area contributed by atoms with Crippen molar-refractivity contribution in [3.8, 4) is 0 Å². The van der Waals surface area contributed by atoms with Gasteiger partial charge in [-0.25, -0.2) is 9.18 Å². The Morgan fingerprint density at radius 1 is 1.08 bits per heavy atom. The smallest absolute Gasteiger partial charge is 0.336 e. The van der Waals surface area contributed by atoms with Crippen LogP contribution in [0.2, 0.25) is 0 Å². The number of anilines is 1. The van der Waals surface area contributed by atoms with Crippen LogP contribution in [0.25, 0.3) is 11.0 Å². The number of quaternary nitrogens is 1. The Kier molecular flexibility index (Phi) is 4.47. The second-order valence-electron chi connectivity index (χ2n) is 6.98. The van der Waals surface area contributed by atoms with Crippen molar-refractivity contribution in [1.29, 1.82) is 0 Å². The lowest BCUT2D eigenvalue weighted by atomic mass is 10.1. The van der Waals surface area contributed by atoms with Crippen LogP contribution in [0.1, 0.15) is 11.1 Å². The van der Waals surface area contributed by atoms with E-state index in [-0.39, 0.29) is 11.4 Å². The Hall–Kier alpha value is -2.66. The largest absolute Gasteiger partial charge is 0.423 e. The van der Waals surface area contributed by atoms with Crippen molar-refractivity contribution in [3.05, 3.63) is 75.9 Å². The number of nitrogens with zero attached hydrogens (tertiary/aromatic N) is 1. The topological polar surface area (TPSA) is 37.9 Å². The van der Waals surface area contributed by atoms with Crippen LogP contribution >= 0.6 is 0 Å². The lowest BCUT2D eigenvalue weighted by Gasteiger charge is -2.33. The third-order valence-electron chi connectivity index (χ3n) is 5.09. The molecule has 134 valence electrons. The zero-order valence-corrected chi connectivity index (χ0v) is 14.8. The van der Waals surface area contributed by atoms with Crippen LogP contribution in [0.5, 0.6) is 0 Å². The lowest BCUT2D eigenvalue weighted by molar-refractivity contribution is -0.914. The van der Waals surface area contributed by atoms with Crippen molar-refractivity contribution in [2.45, 2.75) is 13.5 Å². The van der Waals surface area contributed by atoms with E-state index in [0.29, 0.717) is 5.58 Å². The highest BCUT2D eigenvalue weighted by Gasteiger charge is 2.21. The maximum Gasteiger partial charge on any atom is 0.336 e. The van der Waals surface area contributed by atoms with E-state index in [2.05, 4.69) is 11.0 Å². The van der Waals surface area contributed by atoms with Crippen LogP contribution in [0.3, 0.4) is 0 Å². The molecule has 0 unspecified atom stereocenters. The number of benzene rings is 2. The SMILES string of the molecule is Cc1ccc2oc(=O)cc(C[NH+]3CCN(c4ccc(F)cc4)CC3)c2c1. The second-order valence-corrected chi connectivity index (χ2v) is 6.98. The highest BCUT2D eigenvalue weighted by atomic mass is 19.1. The Balaban J connectivity index is 1.49. The summed E-state index contributed by atoms with van der Waals surface area (Å²) >= 11 is 0. The molecule has 5 heteroatoms. The predicted octanol–water partition coefficient (Wildman–Crippen LogP) is 2.15. The van der Waals surface area contributed by atoms with E-state index in [1.54, 1.807) is 6.07 Å². The molecule has 4 nitrogen and oxygen atoms in total. The average molecular weight is 353 g/mol. The van der Waals surface area contributed by atoms with Gasteiger partial charge in [-0.2, -0.15) is 0 Å². The average Bonchev–Trinajstić information content (AvgIpc) is 2.64. The van der Waals surface area contributed by atoms with E-state index >= 15 is 0 Å². The number of halogens is 1. The van der Waals surface area contributed by atoms with Gasteiger partial charge in [0, 0.05) is 22.7 Å². The van der Waals surface area contributed by atoms with E-state index in [9.17, 15) is 9.18 Å². The minimum Gasteiger partial charge on any atom is -0.423 e. The van der Waals surface area contributed by atoms with Crippen molar-refractivity contribution >= 4 is 16.7 Å². The lowest BCUT2D eigenvalue weighted by Crippen LogP contribution is -3.13. The van der Waals surface area contributed by atoms with E-state index < -0.39 is 0 Å². The first kappa shape index (κ1) is 16.8. The monoisotopic (exact) mass is 353 g/mol. The summed E-state index contributed by atoms with van der Waals surface area (Å²) in [7, 11) is 0. The molecule has 0 saturated carbocycles. The minimum atomic E-state index is -0.291. The number of piperazine rings is 1. The molecule has 1 N–H and O–H groups in total. The van der Waals surface area contributed by atoms with E-state index in [0.717, 1.165) is 54.9 Å². The van der Waals surface area contributed by atoms with Gasteiger partial charge >= 0.3 is 5.63 Å². The number of aryl methyl sites for hydroxylation is 1. The summed E-state index contributed by atoms with van der Waals surface area (Å²) in [5.74, 6) is -0.205. The fourth-order valence-electron chi connectivity index (χ4n) is 3.67. The molecule has 3 aromatic rings. The van der Waals surface area contributed by atoms with Crippen LogP contribution in [0.15, 0.2) is 57.7 Å². The van der Waals surface area contributed by atoms with Gasteiger partial charge in [-0.05, 0) is 43.3 Å². The molecule has 0 amide bonds. The summed E-state index contributed by atoms with van der Waals surface area (Å²) < 4.78 is 18.4. The summed E-state index contributed by atoms with van der Waals surface area (Å²) in [6.45, 7) is 6.64. The van der Waals surface area contributed by atoms with Gasteiger partial charge in [0.15, 0.2) is 0 Å². The van der Waals surface area contributed by atoms with Crippen molar-refractivity contribution in [3.63, 3.8) is 0 Å². The van der Waals surface area contributed by atoms with Crippen molar-refractivity contribution < 1.29 is 13.7 Å². The molecule has 0 aliphatic carbocycles. The fourth-order valence-corrected chi connectivity index (χ4v) is 3.67. The maximum atomic E-state index is 13.1. The maximum absolute atomic E-state index is 13.1. The van der Waals surface area contributed by atoms with Gasteiger partial charge in [0.1, 0.15) is 17.9 Å². The number of hydrogen-bond donors (Lipinski definition) is 1. The molecule has 2 aromatic carbocycles. The van der Waals surface area contributed by atoms with Crippen LogP contribution in [-0.2, 0) is 6.54 Å². The second kappa shape index (κ2) is 6.92.